The largest absolute Gasteiger partial charge is 0.506 e. The van der Waals surface area contributed by atoms with E-state index in [1.165, 1.54) is 6.07 Å². The summed E-state index contributed by atoms with van der Waals surface area (Å²) in [5, 5.41) is 12.5. The van der Waals surface area contributed by atoms with E-state index in [4.69, 9.17) is 17.3 Å². The van der Waals surface area contributed by atoms with Crippen LogP contribution in [-0.2, 0) is 4.79 Å². The highest BCUT2D eigenvalue weighted by atomic mass is 35.5. The highest BCUT2D eigenvalue weighted by Crippen LogP contribution is 2.44. The number of aromatic hydroxyl groups is 1. The molecule has 0 bridgehead atoms. The molecule has 1 aliphatic rings. The first kappa shape index (κ1) is 16.1. The van der Waals surface area contributed by atoms with Gasteiger partial charge in [0.25, 0.3) is 0 Å². The van der Waals surface area contributed by atoms with E-state index in [0.717, 1.165) is 12.8 Å². The molecule has 116 valence electrons. The molecule has 1 aliphatic carbocycles. The highest BCUT2D eigenvalue weighted by molar-refractivity contribution is 6.32. The Morgan fingerprint density at radius 1 is 1.43 bits per heavy atom. The van der Waals surface area contributed by atoms with Crippen LogP contribution in [0.1, 0.15) is 33.6 Å². The lowest BCUT2D eigenvalue weighted by atomic mass is 9.61. The molecule has 0 saturated heterocycles. The normalized spacial score (nSPS) is 28.1. The molecule has 1 aromatic carbocycles. The number of benzene rings is 1. The second kappa shape index (κ2) is 5.85. The zero-order valence-electron chi connectivity index (χ0n) is 12.7. The van der Waals surface area contributed by atoms with Crippen molar-refractivity contribution in [1.82, 2.24) is 0 Å². The van der Waals surface area contributed by atoms with Crippen LogP contribution in [0.25, 0.3) is 0 Å². The second-order valence-electron chi connectivity index (χ2n) is 6.56. The monoisotopic (exact) mass is 310 g/mol. The standard InChI is InChI=1S/C16H23ClN2O2/c1-9-13(18)6-5-11(16(9,2)3)15(21)19-10-4-7-14(20)12(17)8-10/h4,7-9,11,13,20H,5-6,18H2,1-3H3,(H,19,21). The van der Waals surface area contributed by atoms with Gasteiger partial charge in [0.15, 0.2) is 0 Å². The average Bonchev–Trinajstić information content (AvgIpc) is 2.40. The Morgan fingerprint density at radius 3 is 2.71 bits per heavy atom. The van der Waals surface area contributed by atoms with Crippen molar-refractivity contribution in [1.29, 1.82) is 0 Å². The van der Waals surface area contributed by atoms with Crippen molar-refractivity contribution in [3.63, 3.8) is 0 Å². The molecule has 0 spiro atoms. The topological polar surface area (TPSA) is 75.4 Å². The molecule has 5 heteroatoms. The van der Waals surface area contributed by atoms with Crippen LogP contribution in [0.4, 0.5) is 5.69 Å². The van der Waals surface area contributed by atoms with Crippen LogP contribution >= 0.6 is 11.6 Å². The van der Waals surface area contributed by atoms with E-state index < -0.39 is 0 Å². The Labute approximate surface area is 130 Å². The number of amides is 1. The number of anilines is 1. The quantitative estimate of drug-likeness (QED) is 0.733. The van der Waals surface area contributed by atoms with Crippen molar-refractivity contribution in [3.05, 3.63) is 23.2 Å². The number of halogens is 1. The Hall–Kier alpha value is -1.26. The molecule has 3 atom stereocenters. The Kier molecular flexibility index (Phi) is 4.49. The number of hydrogen-bond donors (Lipinski definition) is 3. The highest BCUT2D eigenvalue weighted by Gasteiger charge is 2.44. The number of carbonyl (C=O) groups excluding carboxylic acids is 1. The van der Waals surface area contributed by atoms with Gasteiger partial charge in [-0.2, -0.15) is 0 Å². The molecule has 2 rings (SSSR count). The van der Waals surface area contributed by atoms with Gasteiger partial charge in [0.05, 0.1) is 5.02 Å². The molecule has 1 saturated carbocycles. The summed E-state index contributed by atoms with van der Waals surface area (Å²) >= 11 is 5.86. The molecule has 4 nitrogen and oxygen atoms in total. The van der Waals surface area contributed by atoms with Crippen LogP contribution in [0.2, 0.25) is 5.02 Å². The van der Waals surface area contributed by atoms with Crippen molar-refractivity contribution in [2.75, 3.05) is 5.32 Å². The molecule has 21 heavy (non-hydrogen) atoms. The molecule has 0 aliphatic heterocycles. The van der Waals surface area contributed by atoms with E-state index in [0.29, 0.717) is 5.69 Å². The predicted molar refractivity (Wildman–Crippen MR) is 85.4 cm³/mol. The van der Waals surface area contributed by atoms with Crippen molar-refractivity contribution < 1.29 is 9.90 Å². The molecule has 0 radical (unpaired) electrons. The summed E-state index contributed by atoms with van der Waals surface area (Å²) in [6, 6.07) is 4.82. The first-order chi connectivity index (χ1) is 9.73. The zero-order valence-corrected chi connectivity index (χ0v) is 13.4. The van der Waals surface area contributed by atoms with Crippen molar-refractivity contribution in [2.24, 2.45) is 23.0 Å². The van der Waals surface area contributed by atoms with Gasteiger partial charge in [0.2, 0.25) is 5.91 Å². The van der Waals surface area contributed by atoms with Gasteiger partial charge in [-0.3, -0.25) is 4.79 Å². The van der Waals surface area contributed by atoms with Gasteiger partial charge in [-0.15, -0.1) is 0 Å². The van der Waals surface area contributed by atoms with E-state index in [9.17, 15) is 9.90 Å². The number of carbonyl (C=O) groups is 1. The maximum Gasteiger partial charge on any atom is 0.228 e. The molecule has 3 unspecified atom stereocenters. The molecule has 1 amide bonds. The Morgan fingerprint density at radius 2 is 2.10 bits per heavy atom. The van der Waals surface area contributed by atoms with E-state index >= 15 is 0 Å². The van der Waals surface area contributed by atoms with E-state index in [2.05, 4.69) is 26.1 Å². The van der Waals surface area contributed by atoms with Crippen molar-refractivity contribution in [2.45, 2.75) is 39.7 Å². The zero-order chi connectivity index (χ0) is 15.8. The number of phenols is 1. The van der Waals surface area contributed by atoms with E-state index in [-0.39, 0.29) is 40.0 Å². The average molecular weight is 311 g/mol. The van der Waals surface area contributed by atoms with Gasteiger partial charge in [0.1, 0.15) is 5.75 Å². The third kappa shape index (κ3) is 3.16. The summed E-state index contributed by atoms with van der Waals surface area (Å²) in [5.41, 5.74) is 6.58. The molecular formula is C16H23ClN2O2. The first-order valence-electron chi connectivity index (χ1n) is 7.28. The van der Waals surface area contributed by atoms with Gasteiger partial charge in [-0.05, 0) is 42.4 Å². The van der Waals surface area contributed by atoms with Gasteiger partial charge >= 0.3 is 0 Å². The fraction of sp³-hybridized carbons (Fsp3) is 0.562. The Balaban J connectivity index is 2.14. The van der Waals surface area contributed by atoms with Crippen molar-refractivity contribution >= 4 is 23.2 Å². The maximum atomic E-state index is 12.6. The minimum Gasteiger partial charge on any atom is -0.506 e. The number of phenolic OH excluding ortho intramolecular Hbond substituents is 1. The number of rotatable bonds is 2. The van der Waals surface area contributed by atoms with Gasteiger partial charge in [-0.1, -0.05) is 32.4 Å². The van der Waals surface area contributed by atoms with Crippen LogP contribution in [0, 0.1) is 17.3 Å². The molecular weight excluding hydrogens is 288 g/mol. The summed E-state index contributed by atoms with van der Waals surface area (Å²) in [6.45, 7) is 6.32. The van der Waals surface area contributed by atoms with Crippen molar-refractivity contribution in [3.8, 4) is 5.75 Å². The van der Waals surface area contributed by atoms with Gasteiger partial charge in [-0.25, -0.2) is 0 Å². The molecule has 0 heterocycles. The first-order valence-corrected chi connectivity index (χ1v) is 7.66. The fourth-order valence-corrected chi connectivity index (χ4v) is 3.31. The summed E-state index contributed by atoms with van der Waals surface area (Å²) in [6.07, 6.45) is 1.65. The van der Waals surface area contributed by atoms with Crippen LogP contribution in [0.5, 0.6) is 5.75 Å². The molecule has 4 N–H and O–H groups in total. The fourth-order valence-electron chi connectivity index (χ4n) is 3.13. The van der Waals surface area contributed by atoms with Crippen LogP contribution in [0.3, 0.4) is 0 Å². The van der Waals surface area contributed by atoms with Crippen LogP contribution in [0.15, 0.2) is 18.2 Å². The third-order valence-electron chi connectivity index (χ3n) is 5.03. The van der Waals surface area contributed by atoms with Crippen LogP contribution < -0.4 is 11.1 Å². The summed E-state index contributed by atoms with van der Waals surface area (Å²) in [7, 11) is 0. The number of nitrogens with one attached hydrogen (secondary N) is 1. The third-order valence-corrected chi connectivity index (χ3v) is 5.34. The predicted octanol–water partition coefficient (Wildman–Crippen LogP) is 3.38. The van der Waals surface area contributed by atoms with E-state index in [1.54, 1.807) is 12.1 Å². The van der Waals surface area contributed by atoms with Gasteiger partial charge in [0, 0.05) is 17.6 Å². The summed E-state index contributed by atoms with van der Waals surface area (Å²) in [5.74, 6) is 0.193. The SMILES string of the molecule is CC1C(N)CCC(C(=O)Nc2ccc(O)c(Cl)c2)C1(C)C. The van der Waals surface area contributed by atoms with Gasteiger partial charge < -0.3 is 16.2 Å². The number of nitrogens with two attached hydrogens (primary N) is 1. The summed E-state index contributed by atoms with van der Waals surface area (Å²) in [4.78, 5) is 12.6. The number of hydrogen-bond acceptors (Lipinski definition) is 3. The summed E-state index contributed by atoms with van der Waals surface area (Å²) < 4.78 is 0. The van der Waals surface area contributed by atoms with E-state index in [1.807, 2.05) is 0 Å². The van der Waals surface area contributed by atoms with Crippen LogP contribution in [-0.4, -0.2) is 17.1 Å². The minimum atomic E-state index is -0.150. The smallest absolute Gasteiger partial charge is 0.228 e. The maximum absolute atomic E-state index is 12.6. The Bertz CT molecular complexity index is 545. The lowest BCUT2D eigenvalue weighted by Gasteiger charge is -2.46. The molecule has 0 aromatic heterocycles. The molecule has 1 aromatic rings. The lowest BCUT2D eigenvalue weighted by molar-refractivity contribution is -0.127. The second-order valence-corrected chi connectivity index (χ2v) is 6.97. The molecule has 1 fully saturated rings. The minimum absolute atomic E-state index is 0.00672. The lowest BCUT2D eigenvalue weighted by Crippen LogP contribution is -2.50.